The van der Waals surface area contributed by atoms with Gasteiger partial charge in [0.15, 0.2) is 0 Å². The highest BCUT2D eigenvalue weighted by Gasteiger charge is 2.07. The van der Waals surface area contributed by atoms with Crippen LogP contribution in [0.1, 0.15) is 12.7 Å². The Morgan fingerprint density at radius 1 is 1.60 bits per heavy atom. The number of esters is 1. The molecule has 0 spiro atoms. The van der Waals surface area contributed by atoms with Crippen molar-refractivity contribution in [3.05, 3.63) is 36.3 Å². The van der Waals surface area contributed by atoms with E-state index >= 15 is 0 Å². The van der Waals surface area contributed by atoms with Crippen molar-refractivity contribution in [2.24, 2.45) is 0 Å². The van der Waals surface area contributed by atoms with Gasteiger partial charge in [0.05, 0.1) is 25.1 Å². The molecule has 0 bridgehead atoms. The highest BCUT2D eigenvalue weighted by Crippen LogP contribution is 2.03. The van der Waals surface area contributed by atoms with Crippen LogP contribution in [0.3, 0.4) is 0 Å². The van der Waals surface area contributed by atoms with Crippen molar-refractivity contribution >= 4 is 5.97 Å². The minimum Gasteiger partial charge on any atom is -0.467 e. The third-order valence-electron chi connectivity index (χ3n) is 1.66. The Labute approximate surface area is 88.5 Å². The number of carbonyl (C=O) groups excluding carboxylic acids is 1. The zero-order valence-corrected chi connectivity index (χ0v) is 8.69. The molecule has 0 aliphatic rings. The van der Waals surface area contributed by atoms with Gasteiger partial charge in [0.2, 0.25) is 0 Å². The molecule has 0 atom stereocenters. The molecule has 1 rings (SSSR count). The van der Waals surface area contributed by atoms with E-state index in [1.807, 2.05) is 0 Å². The number of carbonyl (C=O) groups is 1. The predicted octanol–water partition coefficient (Wildman–Crippen LogP) is 1.92. The molecular weight excluding hydrogens is 196 g/mol. The van der Waals surface area contributed by atoms with Crippen LogP contribution in [0.4, 0.5) is 0 Å². The highest BCUT2D eigenvalue weighted by molar-refractivity contribution is 5.87. The Kier molecular flexibility index (Phi) is 4.63. The number of hydrogen-bond acceptors (Lipinski definition) is 4. The van der Waals surface area contributed by atoms with Gasteiger partial charge < -0.3 is 13.9 Å². The Morgan fingerprint density at radius 2 is 2.40 bits per heavy atom. The summed E-state index contributed by atoms with van der Waals surface area (Å²) in [6.07, 6.45) is 1.57. The van der Waals surface area contributed by atoms with Gasteiger partial charge in [0, 0.05) is 0 Å². The van der Waals surface area contributed by atoms with Gasteiger partial charge >= 0.3 is 5.97 Å². The van der Waals surface area contributed by atoms with E-state index < -0.39 is 5.97 Å². The van der Waals surface area contributed by atoms with Crippen LogP contribution in [0.5, 0.6) is 0 Å². The number of hydrogen-bond donors (Lipinski definition) is 0. The largest absolute Gasteiger partial charge is 0.467 e. The van der Waals surface area contributed by atoms with E-state index in [9.17, 15) is 4.79 Å². The van der Waals surface area contributed by atoms with Crippen LogP contribution in [-0.4, -0.2) is 19.2 Å². The lowest BCUT2D eigenvalue weighted by atomic mass is 10.3. The Bertz CT molecular complexity index is 313. The molecule has 0 aromatic carbocycles. The van der Waals surface area contributed by atoms with Gasteiger partial charge in [-0.25, -0.2) is 4.79 Å². The van der Waals surface area contributed by atoms with Crippen LogP contribution in [0.2, 0.25) is 0 Å². The van der Waals surface area contributed by atoms with Crippen LogP contribution in [-0.2, 0) is 20.9 Å². The van der Waals surface area contributed by atoms with Crippen LogP contribution < -0.4 is 0 Å². The van der Waals surface area contributed by atoms with E-state index in [4.69, 9.17) is 13.9 Å². The Hall–Kier alpha value is -1.55. The van der Waals surface area contributed by atoms with E-state index in [2.05, 4.69) is 6.58 Å². The zero-order valence-electron chi connectivity index (χ0n) is 8.69. The molecule has 1 heterocycles. The molecule has 4 nitrogen and oxygen atoms in total. The van der Waals surface area contributed by atoms with E-state index in [-0.39, 0.29) is 6.61 Å². The monoisotopic (exact) mass is 210 g/mol. The molecule has 0 saturated heterocycles. The summed E-state index contributed by atoms with van der Waals surface area (Å²) in [5.41, 5.74) is 0.309. The highest BCUT2D eigenvalue weighted by atomic mass is 16.5. The molecule has 0 radical (unpaired) electrons. The average molecular weight is 210 g/mol. The third-order valence-corrected chi connectivity index (χ3v) is 1.66. The van der Waals surface area contributed by atoms with Crippen molar-refractivity contribution in [2.45, 2.75) is 13.5 Å². The summed E-state index contributed by atoms with van der Waals surface area (Å²) in [5.74, 6) is 0.295. The first-order valence-electron chi connectivity index (χ1n) is 4.69. The molecular formula is C11H14O4. The van der Waals surface area contributed by atoms with Gasteiger partial charge in [0.25, 0.3) is 0 Å². The summed E-state index contributed by atoms with van der Waals surface area (Å²) in [4.78, 5) is 11.1. The smallest absolute Gasteiger partial charge is 0.335 e. The second-order valence-electron chi connectivity index (χ2n) is 2.90. The number of ether oxygens (including phenoxy) is 2. The first kappa shape index (κ1) is 11.5. The predicted molar refractivity (Wildman–Crippen MR) is 54.1 cm³/mol. The molecule has 0 unspecified atom stereocenters. The first-order valence-corrected chi connectivity index (χ1v) is 4.69. The molecule has 0 fully saturated rings. The Balaban J connectivity index is 2.20. The van der Waals surface area contributed by atoms with Crippen LogP contribution in [0, 0.1) is 0 Å². The van der Waals surface area contributed by atoms with Crippen molar-refractivity contribution in [1.82, 2.24) is 0 Å². The van der Waals surface area contributed by atoms with E-state index in [1.54, 1.807) is 25.3 Å². The summed E-state index contributed by atoms with van der Waals surface area (Å²) < 4.78 is 15.0. The molecule has 82 valence electrons. The van der Waals surface area contributed by atoms with E-state index in [0.29, 0.717) is 24.5 Å². The summed E-state index contributed by atoms with van der Waals surface area (Å²) >= 11 is 0. The quantitative estimate of drug-likeness (QED) is 0.531. The normalized spacial score (nSPS) is 9.93. The summed E-state index contributed by atoms with van der Waals surface area (Å²) in [6, 6.07) is 3.58. The minimum atomic E-state index is -0.419. The molecule has 0 amide bonds. The summed E-state index contributed by atoms with van der Waals surface area (Å²) in [7, 11) is 0. The standard InChI is InChI=1S/C11H14O4/c1-3-14-11(12)9(2)7-13-8-10-5-4-6-15-10/h4-6H,2-3,7-8H2,1H3. The van der Waals surface area contributed by atoms with Gasteiger partial charge in [-0.2, -0.15) is 0 Å². The molecule has 0 aliphatic heterocycles. The van der Waals surface area contributed by atoms with Gasteiger partial charge in [-0.15, -0.1) is 0 Å². The first-order chi connectivity index (χ1) is 7.24. The minimum absolute atomic E-state index is 0.152. The van der Waals surface area contributed by atoms with Crippen LogP contribution in [0.15, 0.2) is 35.0 Å². The molecule has 1 aromatic heterocycles. The van der Waals surface area contributed by atoms with Gasteiger partial charge in [-0.3, -0.25) is 0 Å². The van der Waals surface area contributed by atoms with Crippen molar-refractivity contribution in [3.8, 4) is 0 Å². The second kappa shape index (κ2) is 6.03. The van der Waals surface area contributed by atoms with Crippen molar-refractivity contribution in [2.75, 3.05) is 13.2 Å². The average Bonchev–Trinajstić information content (AvgIpc) is 2.71. The van der Waals surface area contributed by atoms with Gasteiger partial charge in [-0.05, 0) is 19.1 Å². The number of rotatable bonds is 6. The fourth-order valence-corrected chi connectivity index (χ4v) is 0.962. The maximum Gasteiger partial charge on any atom is 0.335 e. The molecule has 4 heteroatoms. The lowest BCUT2D eigenvalue weighted by Gasteiger charge is -2.05. The fourth-order valence-electron chi connectivity index (χ4n) is 0.962. The summed E-state index contributed by atoms with van der Waals surface area (Å²) in [5, 5.41) is 0. The maximum atomic E-state index is 11.1. The zero-order chi connectivity index (χ0) is 11.1. The Morgan fingerprint density at radius 3 is 3.00 bits per heavy atom. The fraction of sp³-hybridized carbons (Fsp3) is 0.364. The number of furan rings is 1. The molecule has 0 N–H and O–H groups in total. The van der Waals surface area contributed by atoms with E-state index in [1.165, 1.54) is 0 Å². The lowest BCUT2D eigenvalue weighted by molar-refractivity contribution is -0.139. The van der Waals surface area contributed by atoms with Crippen LogP contribution in [0.25, 0.3) is 0 Å². The summed E-state index contributed by atoms with van der Waals surface area (Å²) in [6.45, 7) is 6.13. The maximum absolute atomic E-state index is 11.1. The van der Waals surface area contributed by atoms with E-state index in [0.717, 1.165) is 0 Å². The molecule has 0 saturated carbocycles. The SMILES string of the molecule is C=C(COCc1ccco1)C(=O)OCC. The van der Waals surface area contributed by atoms with Gasteiger partial charge in [0.1, 0.15) is 12.4 Å². The molecule has 15 heavy (non-hydrogen) atoms. The van der Waals surface area contributed by atoms with Gasteiger partial charge in [-0.1, -0.05) is 6.58 Å². The lowest BCUT2D eigenvalue weighted by Crippen LogP contribution is -2.11. The second-order valence-corrected chi connectivity index (χ2v) is 2.90. The topological polar surface area (TPSA) is 48.7 Å². The molecule has 1 aromatic rings. The van der Waals surface area contributed by atoms with Crippen molar-refractivity contribution in [3.63, 3.8) is 0 Å². The van der Waals surface area contributed by atoms with Crippen LogP contribution >= 0.6 is 0 Å². The van der Waals surface area contributed by atoms with Crippen molar-refractivity contribution in [1.29, 1.82) is 0 Å². The molecule has 0 aliphatic carbocycles. The van der Waals surface area contributed by atoms with Crippen molar-refractivity contribution < 1.29 is 18.7 Å². The third kappa shape index (κ3) is 3.99.